The molecule has 2 fully saturated rings. The van der Waals surface area contributed by atoms with Crippen molar-refractivity contribution in [1.82, 2.24) is 9.46 Å². The van der Waals surface area contributed by atoms with Crippen LogP contribution in [0, 0.1) is 0 Å². The maximum atomic E-state index is 13.3. The van der Waals surface area contributed by atoms with Gasteiger partial charge in [0.1, 0.15) is 5.69 Å². The number of piperidine rings is 1. The number of nitrogens with zero attached hydrogens (tertiary/aromatic N) is 3. The molecule has 10 heteroatoms. The molecule has 0 radical (unpaired) electrons. The topological polar surface area (TPSA) is 105 Å². The van der Waals surface area contributed by atoms with Crippen LogP contribution in [0.15, 0.2) is 64.0 Å². The predicted octanol–water partition coefficient (Wildman–Crippen LogP) is 3.61. The number of amides is 1. The molecule has 184 valence electrons. The summed E-state index contributed by atoms with van der Waals surface area (Å²) in [4.78, 5) is 15.3. The number of aromatic nitrogens is 1. The van der Waals surface area contributed by atoms with E-state index in [2.05, 4.69) is 15.4 Å². The van der Waals surface area contributed by atoms with Crippen molar-refractivity contribution in [2.24, 2.45) is 0 Å². The van der Waals surface area contributed by atoms with Crippen molar-refractivity contribution in [3.05, 3.63) is 60.4 Å². The monoisotopic (exact) mass is 496 g/mol. The van der Waals surface area contributed by atoms with E-state index >= 15 is 0 Å². The lowest BCUT2D eigenvalue weighted by Crippen LogP contribution is -2.37. The van der Waals surface area contributed by atoms with Crippen LogP contribution in [-0.2, 0) is 14.8 Å². The van der Waals surface area contributed by atoms with Crippen LogP contribution in [-0.4, -0.2) is 63.2 Å². The Morgan fingerprint density at radius 2 is 1.66 bits per heavy atom. The molecule has 0 spiro atoms. The Morgan fingerprint density at radius 1 is 0.914 bits per heavy atom. The lowest BCUT2D eigenvalue weighted by Gasteiger charge is -2.31. The second-order valence-corrected chi connectivity index (χ2v) is 10.6. The fraction of sp³-hybridized carbons (Fsp3) is 0.360. The fourth-order valence-electron chi connectivity index (χ4n) is 4.42. The number of anilines is 2. The van der Waals surface area contributed by atoms with Crippen LogP contribution >= 0.6 is 0 Å². The quantitative estimate of drug-likeness (QED) is 0.556. The molecule has 9 nitrogen and oxygen atoms in total. The molecule has 5 rings (SSSR count). The standard InChI is InChI=1S/C25H28N4O5S/c30-25(24-18-21(27-34-24)19-7-3-1-4-8-19)26-22-17-20(35(31,32)29-11-5-2-6-12-29)9-10-23(22)28-13-15-33-16-14-28/h1,3-4,7-10,17-18H,2,5-6,11-16H2,(H,26,30). The second kappa shape index (κ2) is 10.2. The van der Waals surface area contributed by atoms with Gasteiger partial charge in [-0.3, -0.25) is 4.79 Å². The lowest BCUT2D eigenvalue weighted by molar-refractivity contribution is 0.0988. The number of sulfonamides is 1. The number of rotatable bonds is 6. The Labute approximate surface area is 204 Å². The SMILES string of the molecule is O=C(Nc1cc(S(=O)(=O)N2CCCCC2)ccc1N1CCOCC1)c1cc(-c2ccccc2)no1. The molecule has 0 atom stereocenters. The summed E-state index contributed by atoms with van der Waals surface area (Å²) in [6, 6.07) is 15.9. The van der Waals surface area contributed by atoms with Gasteiger partial charge in [-0.2, -0.15) is 4.31 Å². The van der Waals surface area contributed by atoms with Gasteiger partial charge in [-0.05, 0) is 31.0 Å². The van der Waals surface area contributed by atoms with E-state index in [4.69, 9.17) is 9.26 Å². The Balaban J connectivity index is 1.45. The third-order valence-corrected chi connectivity index (χ3v) is 8.22. The first-order valence-electron chi connectivity index (χ1n) is 11.8. The molecule has 3 aromatic rings. The van der Waals surface area contributed by atoms with Gasteiger partial charge in [0.15, 0.2) is 0 Å². The van der Waals surface area contributed by atoms with Gasteiger partial charge in [0.25, 0.3) is 5.91 Å². The van der Waals surface area contributed by atoms with Crippen LogP contribution in [0.4, 0.5) is 11.4 Å². The highest BCUT2D eigenvalue weighted by Gasteiger charge is 2.28. The number of nitrogens with one attached hydrogen (secondary N) is 1. The van der Waals surface area contributed by atoms with Gasteiger partial charge >= 0.3 is 0 Å². The van der Waals surface area contributed by atoms with Crippen molar-refractivity contribution in [1.29, 1.82) is 0 Å². The summed E-state index contributed by atoms with van der Waals surface area (Å²) < 4.78 is 38.9. The Bertz CT molecular complexity index is 1280. The molecule has 0 bridgehead atoms. The molecule has 1 aromatic heterocycles. The molecule has 1 N–H and O–H groups in total. The first-order valence-corrected chi connectivity index (χ1v) is 13.3. The molecule has 0 unspecified atom stereocenters. The van der Waals surface area contributed by atoms with Crippen LogP contribution in [0.2, 0.25) is 0 Å². The lowest BCUT2D eigenvalue weighted by atomic mass is 10.1. The normalized spacial score (nSPS) is 17.3. The molecule has 2 aliphatic heterocycles. The maximum Gasteiger partial charge on any atom is 0.294 e. The third-order valence-electron chi connectivity index (χ3n) is 6.32. The summed E-state index contributed by atoms with van der Waals surface area (Å²) in [5, 5.41) is 6.88. The first kappa shape index (κ1) is 23.5. The zero-order valence-corrected chi connectivity index (χ0v) is 20.2. The number of hydrogen-bond acceptors (Lipinski definition) is 7. The van der Waals surface area contributed by atoms with Crippen LogP contribution in [0.1, 0.15) is 29.8 Å². The third kappa shape index (κ3) is 5.09. The number of carbonyl (C=O) groups is 1. The molecule has 2 saturated heterocycles. The number of hydrogen-bond donors (Lipinski definition) is 1. The van der Waals surface area contributed by atoms with E-state index in [0.717, 1.165) is 30.5 Å². The van der Waals surface area contributed by atoms with Gasteiger partial charge in [0, 0.05) is 37.8 Å². The van der Waals surface area contributed by atoms with Gasteiger partial charge in [-0.15, -0.1) is 0 Å². The van der Waals surface area contributed by atoms with Crippen molar-refractivity contribution < 1.29 is 22.5 Å². The average Bonchev–Trinajstić information content (AvgIpc) is 3.41. The van der Waals surface area contributed by atoms with Crippen molar-refractivity contribution in [3.63, 3.8) is 0 Å². The smallest absolute Gasteiger partial charge is 0.294 e. The molecule has 2 aromatic carbocycles. The zero-order chi connectivity index (χ0) is 24.3. The summed E-state index contributed by atoms with van der Waals surface area (Å²) in [7, 11) is -3.66. The average molecular weight is 497 g/mol. The van der Waals surface area contributed by atoms with Crippen molar-refractivity contribution in [3.8, 4) is 11.3 Å². The fourth-order valence-corrected chi connectivity index (χ4v) is 5.97. The highest BCUT2D eigenvalue weighted by molar-refractivity contribution is 7.89. The van der Waals surface area contributed by atoms with Crippen LogP contribution < -0.4 is 10.2 Å². The summed E-state index contributed by atoms with van der Waals surface area (Å²) in [6.07, 6.45) is 2.74. The van der Waals surface area contributed by atoms with Crippen LogP contribution in [0.25, 0.3) is 11.3 Å². The molecular formula is C25H28N4O5S. The van der Waals surface area contributed by atoms with Gasteiger partial charge in [0.2, 0.25) is 15.8 Å². The van der Waals surface area contributed by atoms with Gasteiger partial charge in [-0.1, -0.05) is 41.9 Å². The van der Waals surface area contributed by atoms with E-state index in [1.165, 1.54) is 4.31 Å². The molecule has 0 saturated carbocycles. The second-order valence-electron chi connectivity index (χ2n) is 8.64. The molecular weight excluding hydrogens is 468 g/mol. The minimum Gasteiger partial charge on any atom is -0.378 e. The Kier molecular flexibility index (Phi) is 6.85. The largest absolute Gasteiger partial charge is 0.378 e. The molecule has 3 heterocycles. The summed E-state index contributed by atoms with van der Waals surface area (Å²) in [6.45, 7) is 3.42. The van der Waals surface area contributed by atoms with E-state index in [0.29, 0.717) is 50.8 Å². The van der Waals surface area contributed by atoms with Crippen LogP contribution in [0.3, 0.4) is 0 Å². The molecule has 0 aliphatic carbocycles. The molecule has 35 heavy (non-hydrogen) atoms. The Morgan fingerprint density at radius 3 is 2.40 bits per heavy atom. The van der Waals surface area contributed by atoms with Crippen molar-refractivity contribution in [2.75, 3.05) is 49.6 Å². The summed E-state index contributed by atoms with van der Waals surface area (Å²) >= 11 is 0. The van der Waals surface area contributed by atoms with E-state index in [-0.39, 0.29) is 10.7 Å². The van der Waals surface area contributed by atoms with E-state index in [1.54, 1.807) is 24.3 Å². The van der Waals surface area contributed by atoms with E-state index in [9.17, 15) is 13.2 Å². The highest BCUT2D eigenvalue weighted by Crippen LogP contribution is 2.32. The number of benzene rings is 2. The zero-order valence-electron chi connectivity index (χ0n) is 19.4. The number of morpholine rings is 1. The van der Waals surface area contributed by atoms with Gasteiger partial charge in [-0.25, -0.2) is 8.42 Å². The number of carbonyl (C=O) groups excluding carboxylic acids is 1. The van der Waals surface area contributed by atoms with E-state index < -0.39 is 15.9 Å². The minimum atomic E-state index is -3.66. The molecule has 1 amide bonds. The van der Waals surface area contributed by atoms with Crippen molar-refractivity contribution in [2.45, 2.75) is 24.2 Å². The van der Waals surface area contributed by atoms with E-state index in [1.807, 2.05) is 30.3 Å². The maximum absolute atomic E-state index is 13.3. The highest BCUT2D eigenvalue weighted by atomic mass is 32.2. The summed E-state index contributed by atoms with van der Waals surface area (Å²) in [5.74, 6) is -0.456. The van der Waals surface area contributed by atoms with Gasteiger partial charge < -0.3 is 19.5 Å². The minimum absolute atomic E-state index is 0.0427. The number of ether oxygens (including phenoxy) is 1. The predicted molar refractivity (Wildman–Crippen MR) is 132 cm³/mol. The van der Waals surface area contributed by atoms with Crippen LogP contribution in [0.5, 0.6) is 0 Å². The summed E-state index contributed by atoms with van der Waals surface area (Å²) in [5.41, 5.74) is 2.53. The van der Waals surface area contributed by atoms with Crippen molar-refractivity contribution >= 4 is 27.3 Å². The van der Waals surface area contributed by atoms with Gasteiger partial charge in [0.05, 0.1) is 29.5 Å². The Hall–Kier alpha value is -3.21. The first-order chi connectivity index (χ1) is 17.0. The molecule has 2 aliphatic rings.